The number of phenolic OH excluding ortho intramolecular Hbond substituents is 1. The number of anilines is 1. The zero-order chi connectivity index (χ0) is 21.6. The number of fused-ring (bicyclic) bond motifs is 6. The first kappa shape index (κ1) is 20.5. The fraction of sp³-hybridized carbons (Fsp3) is 0.0952. The van der Waals surface area contributed by atoms with E-state index in [1.54, 1.807) is 12.1 Å². The van der Waals surface area contributed by atoms with Gasteiger partial charge in [0.1, 0.15) is 22.9 Å². The number of carbonyl (C=O) groups is 1. The minimum atomic E-state index is -2.18. The lowest BCUT2D eigenvalue weighted by molar-refractivity contribution is 0.0950. The lowest BCUT2D eigenvalue weighted by Crippen LogP contribution is -2.23. The number of phenols is 1. The van der Waals surface area contributed by atoms with Gasteiger partial charge in [0.05, 0.1) is 5.02 Å². The normalized spacial score (nSPS) is 15.8. The van der Waals surface area contributed by atoms with Gasteiger partial charge in [-0.15, -0.1) is 0 Å². The number of benzene rings is 3. The van der Waals surface area contributed by atoms with Gasteiger partial charge in [0, 0.05) is 29.8 Å². The molecule has 0 saturated heterocycles. The van der Waals surface area contributed by atoms with Crippen LogP contribution in [-0.2, 0) is 17.9 Å². The van der Waals surface area contributed by atoms with Crippen LogP contribution < -0.4 is 10.0 Å². The SMILES string of the molecule is Cc1ccc2c(c1)-c1cc(c(F)cc1F)N[S+]([O-])c1cc(cc(Cl)c1O)C(=O)NC2. The van der Waals surface area contributed by atoms with Crippen molar-refractivity contribution in [2.24, 2.45) is 0 Å². The predicted octanol–water partition coefficient (Wildman–Crippen LogP) is 4.68. The number of hydrogen-bond acceptors (Lipinski definition) is 4. The van der Waals surface area contributed by atoms with E-state index in [2.05, 4.69) is 10.0 Å². The lowest BCUT2D eigenvalue weighted by atomic mass is 9.96. The maximum absolute atomic E-state index is 14.7. The molecule has 0 aliphatic carbocycles. The Morgan fingerprint density at radius 2 is 1.87 bits per heavy atom. The quantitative estimate of drug-likeness (QED) is 0.436. The molecule has 1 amide bonds. The van der Waals surface area contributed by atoms with Gasteiger partial charge in [-0.25, -0.2) is 13.5 Å². The van der Waals surface area contributed by atoms with Crippen LogP contribution in [-0.4, -0.2) is 15.6 Å². The van der Waals surface area contributed by atoms with E-state index in [-0.39, 0.29) is 33.3 Å². The number of halogens is 3. The van der Waals surface area contributed by atoms with Crippen LogP contribution in [0.2, 0.25) is 5.02 Å². The van der Waals surface area contributed by atoms with Crippen LogP contribution >= 0.6 is 11.6 Å². The number of nitrogens with one attached hydrogen (secondary N) is 2. The van der Waals surface area contributed by atoms with Gasteiger partial charge >= 0.3 is 0 Å². The number of carbonyl (C=O) groups excluding carboxylic acids is 1. The van der Waals surface area contributed by atoms with Crippen molar-refractivity contribution in [3.63, 3.8) is 0 Å². The first-order chi connectivity index (χ1) is 14.2. The van der Waals surface area contributed by atoms with Crippen molar-refractivity contribution in [2.75, 3.05) is 4.72 Å². The highest BCUT2D eigenvalue weighted by Gasteiger charge is 2.26. The van der Waals surface area contributed by atoms with Crippen LogP contribution in [0.25, 0.3) is 11.1 Å². The molecule has 5 nitrogen and oxygen atoms in total. The van der Waals surface area contributed by atoms with Crippen LogP contribution in [0.3, 0.4) is 0 Å². The first-order valence-electron chi connectivity index (χ1n) is 8.82. The number of rotatable bonds is 0. The molecule has 9 heteroatoms. The van der Waals surface area contributed by atoms with Gasteiger partial charge in [-0.2, -0.15) is 0 Å². The molecule has 3 N–H and O–H groups in total. The van der Waals surface area contributed by atoms with Crippen LogP contribution in [0.15, 0.2) is 47.4 Å². The number of aromatic hydroxyl groups is 1. The Bertz CT molecular complexity index is 1190. The van der Waals surface area contributed by atoms with Gasteiger partial charge in [-0.05, 0) is 30.2 Å². The molecule has 3 aromatic carbocycles. The molecule has 154 valence electrons. The number of hydrogen-bond donors (Lipinski definition) is 3. The summed E-state index contributed by atoms with van der Waals surface area (Å²) >= 11 is 3.81. The molecule has 0 aromatic heterocycles. The molecule has 30 heavy (non-hydrogen) atoms. The molecule has 1 unspecified atom stereocenters. The van der Waals surface area contributed by atoms with Crippen LogP contribution in [0.4, 0.5) is 14.5 Å². The molecule has 1 heterocycles. The first-order valence-corrected chi connectivity index (χ1v) is 10.4. The summed E-state index contributed by atoms with van der Waals surface area (Å²) in [6.07, 6.45) is 0. The molecule has 0 fully saturated rings. The Hall–Kier alpha value is -2.81. The van der Waals surface area contributed by atoms with E-state index in [4.69, 9.17) is 11.6 Å². The van der Waals surface area contributed by atoms with Gasteiger partial charge < -0.3 is 15.0 Å². The minimum Gasteiger partial charge on any atom is -0.588 e. The predicted molar refractivity (Wildman–Crippen MR) is 111 cm³/mol. The van der Waals surface area contributed by atoms with E-state index in [0.717, 1.165) is 5.56 Å². The smallest absolute Gasteiger partial charge is 0.251 e. The molecule has 4 rings (SSSR count). The lowest BCUT2D eigenvalue weighted by Gasteiger charge is -2.16. The van der Waals surface area contributed by atoms with Gasteiger partial charge in [0.2, 0.25) is 4.90 Å². The third-order valence-corrected chi connectivity index (χ3v) is 6.15. The highest BCUT2D eigenvalue weighted by molar-refractivity contribution is 7.92. The number of aryl methyl sites for hydroxylation is 1. The monoisotopic (exact) mass is 448 g/mol. The van der Waals surface area contributed by atoms with Crippen LogP contribution in [0, 0.1) is 18.6 Å². The van der Waals surface area contributed by atoms with Crippen LogP contribution in [0.5, 0.6) is 5.75 Å². The van der Waals surface area contributed by atoms with E-state index >= 15 is 0 Å². The molecule has 3 aromatic rings. The molecular formula is C21H15ClF2N2O3S. The summed E-state index contributed by atoms with van der Waals surface area (Å²) in [6.45, 7) is 1.89. The fourth-order valence-corrected chi connectivity index (χ4v) is 4.47. The third kappa shape index (κ3) is 3.69. The second-order valence-electron chi connectivity index (χ2n) is 6.83. The molecule has 4 bridgehead atoms. The maximum Gasteiger partial charge on any atom is 0.251 e. The highest BCUT2D eigenvalue weighted by Crippen LogP contribution is 2.36. The van der Waals surface area contributed by atoms with E-state index in [1.165, 1.54) is 18.2 Å². The standard InChI is InChI=1S/C21H15ClF2N2O3S/c1-10-2-3-11-9-25-21(28)12-5-15(22)20(27)19(6-12)30(29)26-18-7-14(13(11)4-10)16(23)8-17(18)24/h2-8,26-27H,9H2,1H3,(H,25,28). The molecular weight excluding hydrogens is 434 g/mol. The number of amides is 1. The van der Waals surface area contributed by atoms with Gasteiger partial charge in [-0.1, -0.05) is 35.4 Å². The topological polar surface area (TPSA) is 84.4 Å². The second kappa shape index (κ2) is 7.79. The average molecular weight is 449 g/mol. The Labute approximate surface area is 179 Å². The van der Waals surface area contributed by atoms with E-state index < -0.39 is 34.7 Å². The summed E-state index contributed by atoms with van der Waals surface area (Å²) in [4.78, 5) is 12.4. The summed E-state index contributed by atoms with van der Waals surface area (Å²) in [6, 6.07) is 9.63. The van der Waals surface area contributed by atoms with Crippen LogP contribution in [0.1, 0.15) is 21.5 Å². The molecule has 0 spiro atoms. The Kier molecular flexibility index (Phi) is 5.31. The van der Waals surface area contributed by atoms with Crippen molar-refractivity contribution in [1.82, 2.24) is 5.32 Å². The van der Waals surface area contributed by atoms with Gasteiger partial charge in [0.25, 0.3) is 5.91 Å². The summed E-state index contributed by atoms with van der Waals surface area (Å²) < 4.78 is 44.3. The zero-order valence-corrected chi connectivity index (χ0v) is 17.1. The summed E-state index contributed by atoms with van der Waals surface area (Å²) in [5.41, 5.74) is 1.84. The molecule has 0 radical (unpaired) electrons. The van der Waals surface area contributed by atoms with E-state index in [0.29, 0.717) is 17.2 Å². The van der Waals surface area contributed by atoms with Crippen molar-refractivity contribution < 1.29 is 23.2 Å². The van der Waals surface area contributed by atoms with E-state index in [9.17, 15) is 23.2 Å². The average Bonchev–Trinajstić information content (AvgIpc) is 2.70. The summed E-state index contributed by atoms with van der Waals surface area (Å²) in [5.74, 6) is -2.79. The maximum atomic E-state index is 14.7. The molecule has 1 aliphatic heterocycles. The van der Waals surface area contributed by atoms with Gasteiger partial charge in [0.15, 0.2) is 11.6 Å². The molecule has 0 saturated carbocycles. The highest BCUT2D eigenvalue weighted by atomic mass is 35.5. The Morgan fingerprint density at radius 3 is 2.63 bits per heavy atom. The minimum absolute atomic E-state index is 0.0605. The Morgan fingerprint density at radius 1 is 1.10 bits per heavy atom. The van der Waals surface area contributed by atoms with Crippen molar-refractivity contribution in [3.8, 4) is 16.9 Å². The molecule has 1 atom stereocenters. The molecule has 1 aliphatic rings. The summed E-state index contributed by atoms with van der Waals surface area (Å²) in [7, 11) is 0. The fourth-order valence-electron chi connectivity index (χ4n) is 3.21. The van der Waals surface area contributed by atoms with Crippen molar-refractivity contribution in [1.29, 1.82) is 0 Å². The largest absolute Gasteiger partial charge is 0.588 e. The zero-order valence-electron chi connectivity index (χ0n) is 15.6. The third-order valence-electron chi connectivity index (χ3n) is 4.74. The van der Waals surface area contributed by atoms with Gasteiger partial charge in [-0.3, -0.25) is 4.79 Å². The second-order valence-corrected chi connectivity index (χ2v) is 8.42. The van der Waals surface area contributed by atoms with Crippen molar-refractivity contribution >= 4 is 34.6 Å². The summed E-state index contributed by atoms with van der Waals surface area (Å²) in [5, 5.41) is 12.7. The van der Waals surface area contributed by atoms with Crippen molar-refractivity contribution in [2.45, 2.75) is 18.4 Å². The van der Waals surface area contributed by atoms with E-state index in [1.807, 2.05) is 13.0 Å². The Balaban J connectivity index is 1.96. The van der Waals surface area contributed by atoms with Crippen molar-refractivity contribution in [3.05, 3.63) is 75.8 Å².